The predicted octanol–water partition coefficient (Wildman–Crippen LogP) is 8.24. The third kappa shape index (κ3) is 5.18. The molecule has 0 radical (unpaired) electrons. The van der Waals surface area contributed by atoms with E-state index in [0.29, 0.717) is 11.8 Å². The van der Waals surface area contributed by atoms with Crippen LogP contribution in [-0.2, 0) is 0 Å². The quantitative estimate of drug-likeness (QED) is 0.423. The minimum absolute atomic E-state index is 0.580. The maximum absolute atomic E-state index is 2.28. The van der Waals surface area contributed by atoms with E-state index in [1.54, 1.807) is 0 Å². The minimum atomic E-state index is 0.580. The summed E-state index contributed by atoms with van der Waals surface area (Å²) < 4.78 is 0. The van der Waals surface area contributed by atoms with Crippen molar-refractivity contribution in [3.05, 3.63) is 83.9 Å². The Morgan fingerprint density at radius 3 is 1.23 bits per heavy atom. The summed E-state index contributed by atoms with van der Waals surface area (Å²) in [5, 5.41) is 0. The maximum atomic E-state index is 2.28. The van der Waals surface area contributed by atoms with Crippen LogP contribution in [0.15, 0.2) is 92.4 Å². The second-order valence-corrected chi connectivity index (χ2v) is 9.42. The molecule has 0 bridgehead atoms. The number of hydrogen-bond donors (Lipinski definition) is 0. The summed E-state index contributed by atoms with van der Waals surface area (Å²) in [6.07, 6.45) is 0. The molecule has 26 heavy (non-hydrogen) atoms. The Bertz CT molecular complexity index is 762. The van der Waals surface area contributed by atoms with Gasteiger partial charge < -0.3 is 0 Å². The van der Waals surface area contributed by atoms with E-state index in [4.69, 9.17) is 0 Å². The van der Waals surface area contributed by atoms with Crippen LogP contribution in [0.3, 0.4) is 0 Å². The van der Waals surface area contributed by atoms with Crippen LogP contribution < -0.4 is 0 Å². The van der Waals surface area contributed by atoms with Crippen LogP contribution in [0.1, 0.15) is 50.7 Å². The lowest BCUT2D eigenvalue weighted by molar-refractivity contribution is 0.865. The molecule has 3 aromatic carbocycles. The third-order valence-electron chi connectivity index (χ3n) is 4.37. The van der Waals surface area contributed by atoms with Crippen molar-refractivity contribution in [2.24, 2.45) is 0 Å². The van der Waals surface area contributed by atoms with E-state index in [1.165, 1.54) is 30.7 Å². The van der Waals surface area contributed by atoms with E-state index in [1.807, 2.05) is 23.5 Å². The van der Waals surface area contributed by atoms with Gasteiger partial charge >= 0.3 is 0 Å². The van der Waals surface area contributed by atoms with Gasteiger partial charge in [0.15, 0.2) is 0 Å². The molecule has 3 aromatic rings. The molecule has 0 amide bonds. The summed E-state index contributed by atoms with van der Waals surface area (Å²) >= 11 is 3.65. The highest BCUT2D eigenvalue weighted by molar-refractivity contribution is 8.00. The molecule has 0 heterocycles. The van der Waals surface area contributed by atoms with E-state index >= 15 is 0 Å². The van der Waals surface area contributed by atoms with Crippen molar-refractivity contribution in [2.75, 3.05) is 0 Å². The van der Waals surface area contributed by atoms with Gasteiger partial charge in [0.05, 0.1) is 0 Å². The first kappa shape index (κ1) is 19.1. The summed E-state index contributed by atoms with van der Waals surface area (Å²) in [5.74, 6) is 1.16. The van der Waals surface area contributed by atoms with Crippen LogP contribution >= 0.6 is 23.5 Å². The van der Waals surface area contributed by atoms with Crippen molar-refractivity contribution in [3.63, 3.8) is 0 Å². The van der Waals surface area contributed by atoms with Crippen LogP contribution in [0, 0.1) is 0 Å². The molecule has 0 unspecified atom stereocenters. The normalized spacial score (nSPS) is 11.3. The van der Waals surface area contributed by atoms with Gasteiger partial charge in [0, 0.05) is 19.6 Å². The average molecular weight is 379 g/mol. The fraction of sp³-hybridized carbons (Fsp3) is 0.250. The Balaban J connectivity index is 1.69. The molecule has 0 aliphatic heterocycles. The van der Waals surface area contributed by atoms with Crippen LogP contribution in [0.2, 0.25) is 0 Å². The smallest absolute Gasteiger partial charge is 0.0133 e. The molecular weight excluding hydrogens is 352 g/mol. The molecule has 0 aliphatic carbocycles. The summed E-state index contributed by atoms with van der Waals surface area (Å²) in [5.41, 5.74) is 2.78. The first-order valence-electron chi connectivity index (χ1n) is 9.17. The summed E-state index contributed by atoms with van der Waals surface area (Å²) in [4.78, 5) is 5.15. The van der Waals surface area contributed by atoms with Crippen LogP contribution in [0.25, 0.3) is 0 Å². The Kier molecular flexibility index (Phi) is 6.50. The Morgan fingerprint density at radius 1 is 0.500 bits per heavy atom. The highest BCUT2D eigenvalue weighted by Crippen LogP contribution is 2.34. The van der Waals surface area contributed by atoms with Gasteiger partial charge in [0.1, 0.15) is 0 Å². The largest absolute Gasteiger partial charge is 0.0901 e. The lowest BCUT2D eigenvalue weighted by atomic mass is 10.0. The monoisotopic (exact) mass is 378 g/mol. The van der Waals surface area contributed by atoms with Crippen molar-refractivity contribution in [1.29, 1.82) is 0 Å². The van der Waals surface area contributed by atoms with Crippen LogP contribution in [0.5, 0.6) is 0 Å². The van der Waals surface area contributed by atoms with Gasteiger partial charge in [-0.15, -0.1) is 0 Å². The Morgan fingerprint density at radius 2 is 0.885 bits per heavy atom. The van der Waals surface area contributed by atoms with Crippen molar-refractivity contribution >= 4 is 23.5 Å². The van der Waals surface area contributed by atoms with E-state index in [9.17, 15) is 0 Å². The molecule has 0 saturated carbocycles. The van der Waals surface area contributed by atoms with Crippen LogP contribution in [0.4, 0.5) is 0 Å². The second-order valence-electron chi connectivity index (χ2n) is 7.13. The van der Waals surface area contributed by atoms with Gasteiger partial charge in [-0.3, -0.25) is 0 Å². The van der Waals surface area contributed by atoms with Gasteiger partial charge in [-0.2, -0.15) is 0 Å². The Labute approximate surface area is 166 Å². The van der Waals surface area contributed by atoms with E-state index in [0.717, 1.165) is 0 Å². The molecule has 2 heteroatoms. The number of rotatable bonds is 6. The Hall–Kier alpha value is -1.64. The molecule has 0 N–H and O–H groups in total. The van der Waals surface area contributed by atoms with Crippen molar-refractivity contribution in [1.82, 2.24) is 0 Å². The fourth-order valence-electron chi connectivity index (χ4n) is 2.71. The fourth-order valence-corrected chi connectivity index (χ4v) is 4.54. The first-order valence-corrected chi connectivity index (χ1v) is 10.8. The molecule has 0 atom stereocenters. The number of benzene rings is 3. The lowest BCUT2D eigenvalue weighted by Gasteiger charge is -2.09. The molecule has 0 fully saturated rings. The van der Waals surface area contributed by atoms with E-state index < -0.39 is 0 Å². The molecular formula is C24H26S2. The highest BCUT2D eigenvalue weighted by Gasteiger charge is 2.04. The average Bonchev–Trinajstić information content (AvgIpc) is 2.63. The van der Waals surface area contributed by atoms with Gasteiger partial charge in [-0.25, -0.2) is 0 Å². The lowest BCUT2D eigenvalue weighted by Crippen LogP contribution is -1.86. The maximum Gasteiger partial charge on any atom is 0.0133 e. The van der Waals surface area contributed by atoms with E-state index in [-0.39, 0.29) is 0 Å². The third-order valence-corrected chi connectivity index (χ3v) is 6.37. The topological polar surface area (TPSA) is 0 Å². The summed E-state index contributed by atoms with van der Waals surface area (Å²) in [6.45, 7) is 8.93. The van der Waals surface area contributed by atoms with Crippen molar-refractivity contribution in [3.8, 4) is 0 Å². The molecule has 0 spiro atoms. The second kappa shape index (κ2) is 8.83. The summed E-state index contributed by atoms with van der Waals surface area (Å²) in [7, 11) is 0. The highest BCUT2D eigenvalue weighted by atomic mass is 32.2. The van der Waals surface area contributed by atoms with E-state index in [2.05, 4.69) is 100 Å². The van der Waals surface area contributed by atoms with Gasteiger partial charge in [-0.05, 0) is 65.4 Å². The standard InChI is InChI=1S/C24H26S2/c1-17(2)19-8-12-21(13-9-19)25-23-6-5-7-24(16-23)26-22-14-10-20(11-15-22)18(3)4/h5-18H,1-4H3. The van der Waals surface area contributed by atoms with Gasteiger partial charge in [-0.1, -0.05) is 81.6 Å². The SMILES string of the molecule is CC(C)c1ccc(Sc2cccc(Sc3ccc(C(C)C)cc3)c2)cc1. The number of hydrogen-bond acceptors (Lipinski definition) is 2. The molecule has 0 nitrogen and oxygen atoms in total. The zero-order valence-electron chi connectivity index (χ0n) is 15.9. The minimum Gasteiger partial charge on any atom is -0.0901 e. The molecule has 3 rings (SSSR count). The van der Waals surface area contributed by atoms with Crippen LogP contribution in [-0.4, -0.2) is 0 Å². The summed E-state index contributed by atoms with van der Waals surface area (Å²) in [6, 6.07) is 26.7. The molecule has 0 aliphatic rings. The first-order chi connectivity index (χ1) is 12.5. The zero-order valence-corrected chi connectivity index (χ0v) is 17.5. The molecule has 0 aromatic heterocycles. The van der Waals surface area contributed by atoms with Gasteiger partial charge in [0.2, 0.25) is 0 Å². The predicted molar refractivity (Wildman–Crippen MR) is 116 cm³/mol. The molecule has 134 valence electrons. The van der Waals surface area contributed by atoms with Gasteiger partial charge in [0.25, 0.3) is 0 Å². The van der Waals surface area contributed by atoms with Crippen molar-refractivity contribution < 1.29 is 0 Å². The van der Waals surface area contributed by atoms with Crippen molar-refractivity contribution in [2.45, 2.75) is 59.1 Å². The zero-order chi connectivity index (χ0) is 18.5. The molecule has 0 saturated heterocycles.